The van der Waals surface area contributed by atoms with Crippen molar-refractivity contribution in [3.63, 3.8) is 0 Å². The Hall–Kier alpha value is -1.06. The molecule has 4 atom stereocenters. The highest BCUT2D eigenvalue weighted by molar-refractivity contribution is 5.90. The maximum atomic E-state index is 11.7. The Balaban J connectivity index is 2.01. The quantitative estimate of drug-likeness (QED) is 0.574. The number of fused-ring (bicyclic) bond motifs is 1. The van der Waals surface area contributed by atoms with Crippen molar-refractivity contribution < 1.29 is 14.3 Å². The summed E-state index contributed by atoms with van der Waals surface area (Å²) in [7, 11) is 0. The summed E-state index contributed by atoms with van der Waals surface area (Å²) < 4.78 is 5.19. The van der Waals surface area contributed by atoms with Gasteiger partial charge in [-0.25, -0.2) is 4.79 Å². The normalized spacial score (nSPS) is 45.4. The summed E-state index contributed by atoms with van der Waals surface area (Å²) in [6.45, 7) is 2.62. The van der Waals surface area contributed by atoms with Gasteiger partial charge < -0.3 is 4.74 Å². The zero-order chi connectivity index (χ0) is 9.87. The van der Waals surface area contributed by atoms with Crippen molar-refractivity contribution >= 4 is 11.9 Å². The van der Waals surface area contributed by atoms with Crippen LogP contribution in [0.1, 0.15) is 19.8 Å². The van der Waals surface area contributed by atoms with E-state index in [1.54, 1.807) is 4.90 Å². The highest BCUT2D eigenvalue weighted by Crippen LogP contribution is 2.42. The molecule has 0 aromatic rings. The maximum Gasteiger partial charge on any atom is 0.410 e. The number of ketones is 1. The SMILES string of the molecule is C[C@@H]1OC(=O)N2C[C@@H]3CC(=O)[C@H]2[C@H]1C3. The number of rotatable bonds is 0. The van der Waals surface area contributed by atoms with E-state index in [1.807, 2.05) is 6.92 Å². The minimum Gasteiger partial charge on any atom is -0.446 e. The van der Waals surface area contributed by atoms with Gasteiger partial charge in [-0.3, -0.25) is 9.69 Å². The summed E-state index contributed by atoms with van der Waals surface area (Å²) in [5.74, 6) is 0.862. The van der Waals surface area contributed by atoms with Crippen LogP contribution >= 0.6 is 0 Å². The van der Waals surface area contributed by atoms with Gasteiger partial charge in [0.1, 0.15) is 12.1 Å². The van der Waals surface area contributed by atoms with Crippen molar-refractivity contribution in [1.82, 2.24) is 4.90 Å². The van der Waals surface area contributed by atoms with Crippen LogP contribution in [0.25, 0.3) is 0 Å². The van der Waals surface area contributed by atoms with Gasteiger partial charge >= 0.3 is 6.09 Å². The number of carbonyl (C=O) groups excluding carboxylic acids is 2. The van der Waals surface area contributed by atoms with Crippen molar-refractivity contribution in [1.29, 1.82) is 0 Å². The van der Waals surface area contributed by atoms with E-state index in [1.165, 1.54) is 0 Å². The summed E-state index contributed by atoms with van der Waals surface area (Å²) in [5, 5.41) is 0. The summed E-state index contributed by atoms with van der Waals surface area (Å²) >= 11 is 0. The van der Waals surface area contributed by atoms with Crippen molar-refractivity contribution in [2.45, 2.75) is 31.9 Å². The monoisotopic (exact) mass is 195 g/mol. The number of hydrogen-bond donors (Lipinski definition) is 0. The molecule has 14 heavy (non-hydrogen) atoms. The van der Waals surface area contributed by atoms with Gasteiger partial charge in [-0.05, 0) is 19.3 Å². The Kier molecular flexibility index (Phi) is 1.47. The molecule has 0 aromatic heterocycles. The maximum absolute atomic E-state index is 11.7. The zero-order valence-corrected chi connectivity index (χ0v) is 8.10. The van der Waals surface area contributed by atoms with Gasteiger partial charge in [0.2, 0.25) is 0 Å². The highest BCUT2D eigenvalue weighted by Gasteiger charge is 2.54. The number of piperidine rings is 2. The molecule has 3 saturated heterocycles. The second-order valence-electron chi connectivity index (χ2n) is 4.62. The minimum absolute atomic E-state index is 0.0872. The molecule has 0 aromatic carbocycles. The van der Waals surface area contributed by atoms with Crippen LogP contribution in [0.3, 0.4) is 0 Å². The molecular weight excluding hydrogens is 182 g/mol. The molecule has 4 heteroatoms. The van der Waals surface area contributed by atoms with Gasteiger partial charge in [0.25, 0.3) is 0 Å². The van der Waals surface area contributed by atoms with E-state index in [-0.39, 0.29) is 29.9 Å². The number of Topliss-reactive ketones (excluding diaryl/α,β-unsaturated/α-hetero) is 1. The van der Waals surface area contributed by atoms with Crippen LogP contribution in [0.5, 0.6) is 0 Å². The second-order valence-corrected chi connectivity index (χ2v) is 4.62. The van der Waals surface area contributed by atoms with Crippen molar-refractivity contribution in [3.05, 3.63) is 0 Å². The fraction of sp³-hybridized carbons (Fsp3) is 0.800. The molecule has 4 fully saturated rings. The first kappa shape index (κ1) is 8.26. The molecule has 1 aliphatic carbocycles. The molecule has 0 unspecified atom stereocenters. The van der Waals surface area contributed by atoms with Gasteiger partial charge in [-0.1, -0.05) is 0 Å². The van der Waals surface area contributed by atoms with E-state index in [9.17, 15) is 9.59 Å². The van der Waals surface area contributed by atoms with Crippen LogP contribution in [0.4, 0.5) is 4.79 Å². The third kappa shape index (κ3) is 0.885. The lowest BCUT2D eigenvalue weighted by Gasteiger charge is -2.52. The first-order chi connectivity index (χ1) is 6.66. The zero-order valence-electron chi connectivity index (χ0n) is 8.10. The Morgan fingerprint density at radius 3 is 2.93 bits per heavy atom. The topological polar surface area (TPSA) is 46.6 Å². The average Bonchev–Trinajstić information content (AvgIpc) is 2.14. The van der Waals surface area contributed by atoms with E-state index < -0.39 is 0 Å². The number of carbonyl (C=O) groups is 2. The number of cyclic esters (lactones) is 1. The van der Waals surface area contributed by atoms with Crippen LogP contribution in [0, 0.1) is 11.8 Å². The molecule has 4 rings (SSSR count). The lowest BCUT2D eigenvalue weighted by Crippen LogP contribution is -2.66. The summed E-state index contributed by atoms with van der Waals surface area (Å²) in [5.41, 5.74) is 0. The Morgan fingerprint density at radius 1 is 1.43 bits per heavy atom. The smallest absolute Gasteiger partial charge is 0.410 e. The predicted octanol–water partition coefficient (Wildman–Crippen LogP) is 0.805. The van der Waals surface area contributed by atoms with E-state index in [2.05, 4.69) is 0 Å². The van der Waals surface area contributed by atoms with Crippen LogP contribution in [0.15, 0.2) is 0 Å². The van der Waals surface area contributed by atoms with E-state index in [0.29, 0.717) is 12.3 Å². The fourth-order valence-electron chi connectivity index (χ4n) is 3.13. The Morgan fingerprint density at radius 2 is 2.21 bits per heavy atom. The minimum atomic E-state index is -0.295. The van der Waals surface area contributed by atoms with Gasteiger partial charge in [0.05, 0.1) is 0 Å². The Labute approximate surface area is 82.2 Å². The average molecular weight is 195 g/mol. The number of nitrogens with zero attached hydrogens (tertiary/aromatic N) is 1. The lowest BCUT2D eigenvalue weighted by atomic mass is 9.69. The molecule has 3 heterocycles. The largest absolute Gasteiger partial charge is 0.446 e. The van der Waals surface area contributed by atoms with Gasteiger partial charge in [-0.15, -0.1) is 0 Å². The van der Waals surface area contributed by atoms with Crippen LogP contribution in [0.2, 0.25) is 0 Å². The summed E-state index contributed by atoms with van der Waals surface area (Å²) in [6.07, 6.45) is 1.33. The summed E-state index contributed by atoms with van der Waals surface area (Å²) in [4.78, 5) is 24.8. The van der Waals surface area contributed by atoms with E-state index in [4.69, 9.17) is 4.74 Å². The number of hydrogen-bond acceptors (Lipinski definition) is 3. The molecular formula is C10H13NO3. The third-order valence-corrected chi connectivity index (χ3v) is 3.75. The number of ether oxygens (including phenoxy) is 1. The summed E-state index contributed by atoms with van der Waals surface area (Å²) in [6, 6.07) is -0.170. The molecule has 3 aliphatic heterocycles. The molecule has 76 valence electrons. The molecule has 0 spiro atoms. The van der Waals surface area contributed by atoms with E-state index in [0.717, 1.165) is 13.0 Å². The van der Waals surface area contributed by atoms with Gasteiger partial charge in [-0.2, -0.15) is 0 Å². The van der Waals surface area contributed by atoms with E-state index >= 15 is 0 Å². The van der Waals surface area contributed by atoms with Crippen molar-refractivity contribution in [2.75, 3.05) is 6.54 Å². The van der Waals surface area contributed by atoms with Gasteiger partial charge in [0.15, 0.2) is 5.78 Å². The predicted molar refractivity (Wildman–Crippen MR) is 47.7 cm³/mol. The Bertz CT molecular complexity index is 312. The van der Waals surface area contributed by atoms with Crippen LogP contribution in [-0.2, 0) is 9.53 Å². The number of amides is 1. The molecule has 1 saturated carbocycles. The highest BCUT2D eigenvalue weighted by atomic mass is 16.6. The van der Waals surface area contributed by atoms with Gasteiger partial charge in [0, 0.05) is 18.9 Å². The van der Waals surface area contributed by atoms with Crippen LogP contribution < -0.4 is 0 Å². The first-order valence-electron chi connectivity index (χ1n) is 5.17. The fourth-order valence-corrected chi connectivity index (χ4v) is 3.13. The second kappa shape index (κ2) is 2.49. The molecule has 0 N–H and O–H groups in total. The molecule has 1 amide bonds. The molecule has 4 aliphatic rings. The first-order valence-corrected chi connectivity index (χ1v) is 5.17. The molecule has 0 radical (unpaired) electrons. The molecule has 4 nitrogen and oxygen atoms in total. The van der Waals surface area contributed by atoms with Crippen molar-refractivity contribution in [2.24, 2.45) is 11.8 Å². The van der Waals surface area contributed by atoms with Crippen molar-refractivity contribution in [3.8, 4) is 0 Å². The standard InChI is InChI=1S/C10H13NO3/c1-5-7-2-6-3-8(12)9(7)11(4-6)10(13)14-5/h5-7,9H,2-4H2,1H3/t5-,6-,7-,9+/m0/s1. The third-order valence-electron chi connectivity index (χ3n) is 3.75. The van der Waals surface area contributed by atoms with Crippen LogP contribution in [-0.4, -0.2) is 35.5 Å². The lowest BCUT2D eigenvalue weighted by molar-refractivity contribution is -0.149. The molecule has 4 bridgehead atoms.